The molecule has 1 atom stereocenters. The van der Waals surface area contributed by atoms with Gasteiger partial charge in [-0.2, -0.15) is 8.42 Å². The number of hydrogen-bond acceptors (Lipinski definition) is 9. The Hall–Kier alpha value is -3.06. The molecule has 198 valence electrons. The zero-order valence-electron chi connectivity index (χ0n) is 21.1. The van der Waals surface area contributed by atoms with E-state index in [1.165, 1.54) is 7.11 Å². The molecule has 12 heteroatoms. The van der Waals surface area contributed by atoms with Crippen molar-refractivity contribution in [1.29, 1.82) is 0 Å². The van der Waals surface area contributed by atoms with Crippen molar-refractivity contribution >= 4 is 27.9 Å². The molecule has 0 fully saturated rings. The largest absolute Gasteiger partial charge is 0.491 e. The van der Waals surface area contributed by atoms with Crippen LogP contribution in [-0.2, 0) is 25.8 Å². The van der Waals surface area contributed by atoms with Crippen LogP contribution >= 0.6 is 0 Å². The van der Waals surface area contributed by atoms with E-state index in [-0.39, 0.29) is 13.2 Å². The number of pyridine rings is 1. The number of hydrogen-bond donors (Lipinski definition) is 3. The molecule has 1 aromatic carbocycles. The lowest BCUT2D eigenvalue weighted by Gasteiger charge is -2.27. The summed E-state index contributed by atoms with van der Waals surface area (Å²) in [6.45, 7) is 8.13. The summed E-state index contributed by atoms with van der Waals surface area (Å²) >= 11 is 0. The van der Waals surface area contributed by atoms with Crippen molar-refractivity contribution in [2.45, 2.75) is 46.3 Å². The molecule has 3 rings (SSSR count). The number of benzene rings is 1. The summed E-state index contributed by atoms with van der Waals surface area (Å²) < 4.78 is 38.4. The highest BCUT2D eigenvalue weighted by Crippen LogP contribution is 2.29. The van der Waals surface area contributed by atoms with Gasteiger partial charge in [-0.15, -0.1) is 4.40 Å². The average molecular weight is 523 g/mol. The second-order valence-electron chi connectivity index (χ2n) is 9.08. The molecule has 1 amide bonds. The van der Waals surface area contributed by atoms with Gasteiger partial charge in [0, 0.05) is 17.3 Å². The standard InChI is InChI=1S/C21H29N3O4.C3H5NO3S/c1-14(2)11-21(3,22)13-28-18-6-5-15(9-17(18)12-25)16-7-8-23-19(10-16)24-20(26)27-4;1-3-2-7-8(5,6)4-3/h5-10,14,25H,11-13,22H2,1-4H3,(H,23,24,26);2H2,1H3/t21-;/m0./s1. The van der Waals surface area contributed by atoms with Crippen molar-refractivity contribution in [2.75, 3.05) is 25.6 Å². The third-order valence-corrected chi connectivity index (χ3v) is 5.81. The number of methoxy groups -OCH3 is 1. The van der Waals surface area contributed by atoms with Crippen molar-refractivity contribution in [3.8, 4) is 16.9 Å². The van der Waals surface area contributed by atoms with Crippen molar-refractivity contribution in [3.63, 3.8) is 0 Å². The Labute approximate surface area is 212 Å². The molecule has 0 aliphatic carbocycles. The van der Waals surface area contributed by atoms with Gasteiger partial charge in [0.25, 0.3) is 0 Å². The van der Waals surface area contributed by atoms with Gasteiger partial charge in [0.2, 0.25) is 0 Å². The minimum absolute atomic E-state index is 0.113. The number of carbonyl (C=O) groups excluding carboxylic acids is 1. The summed E-state index contributed by atoms with van der Waals surface area (Å²) in [6.07, 6.45) is 1.85. The fourth-order valence-corrected chi connectivity index (χ4v) is 4.30. The summed E-state index contributed by atoms with van der Waals surface area (Å²) in [5, 5.41) is 12.3. The highest BCUT2D eigenvalue weighted by molar-refractivity contribution is 7.85. The van der Waals surface area contributed by atoms with E-state index < -0.39 is 21.9 Å². The van der Waals surface area contributed by atoms with Crippen LogP contribution in [0, 0.1) is 5.92 Å². The molecule has 0 saturated heterocycles. The van der Waals surface area contributed by atoms with Crippen molar-refractivity contribution in [1.82, 2.24) is 4.98 Å². The maximum absolute atomic E-state index is 11.4. The van der Waals surface area contributed by atoms with Gasteiger partial charge in [0.05, 0.1) is 19.4 Å². The Morgan fingerprint density at radius 3 is 2.50 bits per heavy atom. The number of nitrogens with zero attached hydrogens (tertiary/aromatic N) is 2. The zero-order chi connectivity index (χ0) is 26.9. The first kappa shape index (κ1) is 29.2. The maximum atomic E-state index is 11.4. The van der Waals surface area contributed by atoms with Crippen LogP contribution in [0.5, 0.6) is 5.75 Å². The predicted molar refractivity (Wildman–Crippen MR) is 137 cm³/mol. The van der Waals surface area contributed by atoms with Crippen LogP contribution in [0.1, 0.15) is 39.7 Å². The van der Waals surface area contributed by atoms with Crippen molar-refractivity contribution < 1.29 is 32.0 Å². The first-order chi connectivity index (χ1) is 16.8. The number of aliphatic hydroxyl groups is 1. The lowest BCUT2D eigenvalue weighted by Crippen LogP contribution is -2.43. The Kier molecular flexibility index (Phi) is 10.3. The average Bonchev–Trinajstić information content (AvgIpc) is 3.13. The number of aliphatic hydroxyl groups excluding tert-OH is 1. The highest BCUT2D eigenvalue weighted by Gasteiger charge is 2.22. The van der Waals surface area contributed by atoms with Crippen molar-refractivity contribution in [2.24, 2.45) is 16.0 Å². The third-order valence-electron chi connectivity index (χ3n) is 4.86. The Morgan fingerprint density at radius 2 is 1.97 bits per heavy atom. The van der Waals surface area contributed by atoms with Crippen LogP contribution < -0.4 is 15.8 Å². The van der Waals surface area contributed by atoms with Crippen LogP contribution in [0.4, 0.5) is 10.6 Å². The van der Waals surface area contributed by atoms with E-state index in [9.17, 15) is 18.3 Å². The monoisotopic (exact) mass is 522 g/mol. The van der Waals surface area contributed by atoms with Gasteiger partial charge in [-0.1, -0.05) is 19.9 Å². The number of anilines is 1. The fraction of sp³-hybridized carbons (Fsp3) is 0.458. The van der Waals surface area contributed by atoms with Crippen molar-refractivity contribution in [3.05, 3.63) is 42.1 Å². The van der Waals surface area contributed by atoms with Crippen LogP contribution in [0.15, 0.2) is 40.9 Å². The molecule has 1 aliphatic rings. The van der Waals surface area contributed by atoms with Crippen LogP contribution in [0.25, 0.3) is 11.1 Å². The number of nitrogens with two attached hydrogens (primary N) is 1. The van der Waals surface area contributed by atoms with E-state index in [4.69, 9.17) is 10.5 Å². The van der Waals surface area contributed by atoms with Gasteiger partial charge >= 0.3 is 16.4 Å². The molecule has 1 aliphatic heterocycles. The number of ether oxygens (including phenoxy) is 2. The third kappa shape index (κ3) is 9.53. The normalized spacial score (nSPS) is 15.8. The Morgan fingerprint density at radius 1 is 1.28 bits per heavy atom. The van der Waals surface area contributed by atoms with Crippen LogP contribution in [0.3, 0.4) is 0 Å². The number of aromatic nitrogens is 1. The first-order valence-corrected chi connectivity index (χ1v) is 12.6. The van der Waals surface area contributed by atoms with E-state index in [1.54, 1.807) is 19.2 Å². The quantitative estimate of drug-likeness (QED) is 0.472. The molecule has 0 spiro atoms. The number of amides is 1. The molecule has 1 aromatic heterocycles. The first-order valence-electron chi connectivity index (χ1n) is 11.3. The number of rotatable bonds is 8. The number of nitrogens with one attached hydrogen (secondary N) is 1. The minimum atomic E-state index is -3.51. The molecule has 0 radical (unpaired) electrons. The molecular weight excluding hydrogens is 488 g/mol. The highest BCUT2D eigenvalue weighted by atomic mass is 32.2. The van der Waals surface area contributed by atoms with Gasteiger partial charge < -0.3 is 20.3 Å². The van der Waals surface area contributed by atoms with E-state index in [2.05, 4.69) is 37.5 Å². The molecule has 36 heavy (non-hydrogen) atoms. The summed E-state index contributed by atoms with van der Waals surface area (Å²) in [5.74, 6) is 1.45. The summed E-state index contributed by atoms with van der Waals surface area (Å²) in [4.78, 5) is 15.5. The SMILES string of the molecule is CC1=NS(=O)(=O)OC1.COC(=O)Nc1cc(-c2ccc(OC[C@@](C)(N)CC(C)C)c(CO)c2)ccn1. The lowest BCUT2D eigenvalue weighted by molar-refractivity contribution is 0.187. The van der Waals surface area contributed by atoms with Gasteiger partial charge in [-0.25, -0.2) is 14.0 Å². The predicted octanol–water partition coefficient (Wildman–Crippen LogP) is 3.28. The van der Waals surface area contributed by atoms with E-state index in [1.807, 2.05) is 31.2 Å². The maximum Gasteiger partial charge on any atom is 0.412 e. The molecule has 0 saturated carbocycles. The van der Waals surface area contributed by atoms with Gasteiger partial charge in [-0.3, -0.25) is 5.32 Å². The molecular formula is C24H34N4O7S. The zero-order valence-corrected chi connectivity index (χ0v) is 22.0. The molecule has 4 N–H and O–H groups in total. The van der Waals surface area contributed by atoms with E-state index in [0.717, 1.165) is 17.5 Å². The second-order valence-corrected chi connectivity index (χ2v) is 10.4. The molecule has 0 bridgehead atoms. The smallest absolute Gasteiger partial charge is 0.412 e. The van der Waals surface area contributed by atoms with Gasteiger partial charge in [0.1, 0.15) is 24.8 Å². The lowest BCUT2D eigenvalue weighted by atomic mass is 9.93. The molecule has 11 nitrogen and oxygen atoms in total. The summed E-state index contributed by atoms with van der Waals surface area (Å²) in [7, 11) is -2.22. The topological polar surface area (TPSA) is 162 Å². The van der Waals surface area contributed by atoms with Crippen LogP contribution in [0.2, 0.25) is 0 Å². The number of carbonyl (C=O) groups is 1. The van der Waals surface area contributed by atoms with Gasteiger partial charge in [-0.05, 0) is 61.6 Å². The molecule has 2 aromatic rings. The molecule has 2 heterocycles. The van der Waals surface area contributed by atoms with E-state index in [0.29, 0.717) is 35.4 Å². The summed E-state index contributed by atoms with van der Waals surface area (Å²) in [5.41, 5.74) is 8.73. The fourth-order valence-electron chi connectivity index (χ4n) is 3.49. The minimum Gasteiger partial charge on any atom is -0.491 e. The Balaban J connectivity index is 0.000000482. The second kappa shape index (κ2) is 12.8. The Bertz CT molecular complexity index is 1180. The molecule has 0 unspecified atom stereocenters. The summed E-state index contributed by atoms with van der Waals surface area (Å²) in [6, 6.07) is 9.11. The van der Waals surface area contributed by atoms with Crippen LogP contribution in [-0.4, -0.2) is 56.2 Å². The van der Waals surface area contributed by atoms with Gasteiger partial charge in [0.15, 0.2) is 0 Å². The van der Waals surface area contributed by atoms with E-state index >= 15 is 0 Å².